The van der Waals surface area contributed by atoms with E-state index in [0.29, 0.717) is 11.5 Å². The zero-order valence-electron chi connectivity index (χ0n) is 14.4. The molecule has 146 valence electrons. The molecule has 2 aliphatic rings. The minimum atomic E-state index is -0.945. The molecule has 2 aromatic rings. The van der Waals surface area contributed by atoms with Gasteiger partial charge in [-0.2, -0.15) is 0 Å². The van der Waals surface area contributed by atoms with Crippen LogP contribution < -0.4 is 19.7 Å². The average molecular weight is 416 g/mol. The molecule has 2 aliphatic heterocycles. The van der Waals surface area contributed by atoms with E-state index in [-0.39, 0.29) is 28.8 Å². The number of imide groups is 2. The first-order chi connectivity index (χ1) is 13.8. The molecule has 2 heterocycles. The second-order valence-corrected chi connectivity index (χ2v) is 6.37. The number of carbonyl (C=O) groups is 3. The van der Waals surface area contributed by atoms with Crippen LogP contribution in [0.4, 0.5) is 16.2 Å². The molecule has 4 amide bonds. The van der Waals surface area contributed by atoms with E-state index in [4.69, 9.17) is 21.1 Å². The minimum absolute atomic E-state index is 0.00779. The fraction of sp³-hybridized carbons (Fsp3) is 0.0556. The Morgan fingerprint density at radius 1 is 1.10 bits per heavy atom. The smallest absolute Gasteiger partial charge is 0.335 e. The number of nitrogens with one attached hydrogen (secondary N) is 1. The molecular formula is C18H10ClN3O7. The molecule has 1 saturated heterocycles. The summed E-state index contributed by atoms with van der Waals surface area (Å²) < 4.78 is 10.4. The first kappa shape index (κ1) is 18.4. The predicted molar refractivity (Wildman–Crippen MR) is 99.7 cm³/mol. The van der Waals surface area contributed by atoms with Gasteiger partial charge in [-0.15, -0.1) is 0 Å². The van der Waals surface area contributed by atoms with Crippen LogP contribution in [0.3, 0.4) is 0 Å². The van der Waals surface area contributed by atoms with E-state index in [2.05, 4.69) is 5.32 Å². The molecule has 29 heavy (non-hydrogen) atoms. The number of nitro groups is 1. The second kappa shape index (κ2) is 6.91. The zero-order valence-corrected chi connectivity index (χ0v) is 15.1. The average Bonchev–Trinajstić information content (AvgIpc) is 3.14. The van der Waals surface area contributed by atoms with Crippen molar-refractivity contribution in [2.75, 3.05) is 11.7 Å². The van der Waals surface area contributed by atoms with E-state index >= 15 is 0 Å². The highest BCUT2D eigenvalue weighted by molar-refractivity contribution is 6.40. The molecule has 1 N–H and O–H groups in total. The molecule has 1 fully saturated rings. The van der Waals surface area contributed by atoms with E-state index in [1.807, 2.05) is 0 Å². The van der Waals surface area contributed by atoms with Crippen LogP contribution in [-0.4, -0.2) is 29.6 Å². The monoisotopic (exact) mass is 415 g/mol. The number of non-ortho nitro benzene ring substituents is 1. The standard InChI is InChI=1S/C18H10ClN3O7/c19-13-3-1-11(22(26)27)5-9(13)6-12-16(23)20-18(25)21(17(12)24)10-2-4-14-15(7-10)29-8-28-14/h1-7H,8H2,(H,20,23,25). The van der Waals surface area contributed by atoms with Crippen LogP contribution in [-0.2, 0) is 9.59 Å². The molecule has 11 heteroatoms. The Morgan fingerprint density at radius 2 is 1.86 bits per heavy atom. The molecule has 0 aliphatic carbocycles. The number of carbonyl (C=O) groups excluding carboxylic acids is 3. The van der Waals surface area contributed by atoms with Crippen molar-refractivity contribution in [3.63, 3.8) is 0 Å². The number of rotatable bonds is 3. The number of benzene rings is 2. The van der Waals surface area contributed by atoms with Gasteiger partial charge in [-0.1, -0.05) is 11.6 Å². The maximum atomic E-state index is 12.9. The van der Waals surface area contributed by atoms with Crippen LogP contribution >= 0.6 is 11.6 Å². The number of halogens is 1. The Morgan fingerprint density at radius 3 is 2.62 bits per heavy atom. The summed E-state index contributed by atoms with van der Waals surface area (Å²) in [6.07, 6.45) is 1.10. The number of barbiturate groups is 1. The normalized spacial score (nSPS) is 16.9. The van der Waals surface area contributed by atoms with Gasteiger partial charge in [0.2, 0.25) is 6.79 Å². The van der Waals surface area contributed by atoms with Crippen molar-refractivity contribution < 1.29 is 28.8 Å². The maximum Gasteiger partial charge on any atom is 0.335 e. The first-order valence-corrected chi connectivity index (χ1v) is 8.48. The number of nitro benzene ring substituents is 1. The van der Waals surface area contributed by atoms with Gasteiger partial charge in [0.1, 0.15) is 5.57 Å². The highest BCUT2D eigenvalue weighted by atomic mass is 35.5. The number of ether oxygens (including phenoxy) is 2. The van der Waals surface area contributed by atoms with Crippen molar-refractivity contribution in [2.24, 2.45) is 0 Å². The summed E-state index contributed by atoms with van der Waals surface area (Å²) in [6.45, 7) is 0.00779. The number of amides is 4. The van der Waals surface area contributed by atoms with Gasteiger partial charge in [0.25, 0.3) is 17.5 Å². The molecule has 2 aromatic carbocycles. The van der Waals surface area contributed by atoms with Crippen LogP contribution in [0.5, 0.6) is 11.5 Å². The first-order valence-electron chi connectivity index (χ1n) is 8.10. The number of anilines is 1. The Hall–Kier alpha value is -3.92. The number of fused-ring (bicyclic) bond motifs is 1. The number of hydrogen-bond donors (Lipinski definition) is 1. The van der Waals surface area contributed by atoms with Gasteiger partial charge in [-0.05, 0) is 24.3 Å². The van der Waals surface area contributed by atoms with E-state index in [0.717, 1.165) is 17.0 Å². The van der Waals surface area contributed by atoms with Crippen LogP contribution in [0.1, 0.15) is 5.56 Å². The molecule has 10 nitrogen and oxygen atoms in total. The van der Waals surface area contributed by atoms with Crippen LogP contribution in [0.2, 0.25) is 5.02 Å². The highest BCUT2D eigenvalue weighted by Crippen LogP contribution is 2.36. The lowest BCUT2D eigenvalue weighted by molar-refractivity contribution is -0.384. The fourth-order valence-electron chi connectivity index (χ4n) is 2.83. The lowest BCUT2D eigenvalue weighted by Crippen LogP contribution is -2.54. The van der Waals surface area contributed by atoms with E-state index in [1.54, 1.807) is 0 Å². The van der Waals surface area contributed by atoms with Gasteiger partial charge in [-0.25, -0.2) is 9.69 Å². The SMILES string of the molecule is O=C1NC(=O)N(c2ccc3c(c2)OCO3)C(=O)C1=Cc1cc([N+](=O)[O-])ccc1Cl. The lowest BCUT2D eigenvalue weighted by atomic mass is 10.1. The quantitative estimate of drug-likeness (QED) is 0.353. The van der Waals surface area contributed by atoms with Crippen molar-refractivity contribution in [3.05, 3.63) is 62.7 Å². The summed E-state index contributed by atoms with van der Waals surface area (Å²) in [5, 5.41) is 13.1. The van der Waals surface area contributed by atoms with Gasteiger partial charge in [0.05, 0.1) is 10.6 Å². The second-order valence-electron chi connectivity index (χ2n) is 5.96. The molecule has 0 aromatic heterocycles. The molecule has 4 rings (SSSR count). The third-order valence-electron chi connectivity index (χ3n) is 4.21. The maximum absolute atomic E-state index is 12.9. The molecular weight excluding hydrogens is 406 g/mol. The number of nitrogens with zero attached hydrogens (tertiary/aromatic N) is 2. The van der Waals surface area contributed by atoms with E-state index in [9.17, 15) is 24.5 Å². The van der Waals surface area contributed by atoms with E-state index < -0.39 is 28.3 Å². The lowest BCUT2D eigenvalue weighted by Gasteiger charge is -2.26. The number of hydrogen-bond acceptors (Lipinski definition) is 7. The molecule has 0 radical (unpaired) electrons. The van der Waals surface area contributed by atoms with Gasteiger partial charge < -0.3 is 9.47 Å². The van der Waals surface area contributed by atoms with Crippen molar-refractivity contribution in [1.82, 2.24) is 5.32 Å². The molecule has 0 unspecified atom stereocenters. The number of urea groups is 1. The summed E-state index contributed by atoms with van der Waals surface area (Å²) in [6, 6.07) is 7.05. The van der Waals surface area contributed by atoms with Crippen molar-refractivity contribution in [3.8, 4) is 11.5 Å². The summed E-state index contributed by atoms with van der Waals surface area (Å²) in [7, 11) is 0. The van der Waals surface area contributed by atoms with Crippen LogP contribution in [0, 0.1) is 10.1 Å². The van der Waals surface area contributed by atoms with Crippen molar-refractivity contribution in [1.29, 1.82) is 0 Å². The summed E-state index contributed by atoms with van der Waals surface area (Å²) >= 11 is 6.04. The third kappa shape index (κ3) is 3.25. The Labute approximate surface area is 167 Å². The van der Waals surface area contributed by atoms with Gasteiger partial charge in [-0.3, -0.25) is 25.0 Å². The minimum Gasteiger partial charge on any atom is -0.454 e. The van der Waals surface area contributed by atoms with Gasteiger partial charge >= 0.3 is 6.03 Å². The van der Waals surface area contributed by atoms with Gasteiger partial charge in [0.15, 0.2) is 11.5 Å². The Bertz CT molecular complexity index is 1130. The summed E-state index contributed by atoms with van der Waals surface area (Å²) in [4.78, 5) is 48.5. The van der Waals surface area contributed by atoms with Crippen molar-refractivity contribution in [2.45, 2.75) is 0 Å². The van der Waals surface area contributed by atoms with E-state index in [1.165, 1.54) is 30.3 Å². The van der Waals surface area contributed by atoms with Crippen LogP contribution in [0.15, 0.2) is 42.0 Å². The Kier molecular flexibility index (Phi) is 4.40. The molecule has 0 spiro atoms. The molecule has 0 saturated carbocycles. The summed E-state index contributed by atoms with van der Waals surface area (Å²) in [5.74, 6) is -1.07. The van der Waals surface area contributed by atoms with Crippen molar-refractivity contribution >= 4 is 46.9 Å². The van der Waals surface area contributed by atoms with Gasteiger partial charge in [0, 0.05) is 28.8 Å². The predicted octanol–water partition coefficient (Wildman–Crippen LogP) is 2.64. The Balaban J connectivity index is 1.75. The fourth-order valence-corrected chi connectivity index (χ4v) is 3.00. The van der Waals surface area contributed by atoms with Crippen LogP contribution in [0.25, 0.3) is 6.08 Å². The zero-order chi connectivity index (χ0) is 20.7. The molecule has 0 atom stereocenters. The molecule has 0 bridgehead atoms. The largest absolute Gasteiger partial charge is 0.454 e. The highest BCUT2D eigenvalue weighted by Gasteiger charge is 2.37. The third-order valence-corrected chi connectivity index (χ3v) is 4.55. The summed E-state index contributed by atoms with van der Waals surface area (Å²) in [5.41, 5.74) is -0.446. The topological polar surface area (TPSA) is 128 Å².